The van der Waals surface area contributed by atoms with Gasteiger partial charge in [0, 0.05) is 36.9 Å². The lowest BCUT2D eigenvalue weighted by molar-refractivity contribution is -0.128. The Balaban J connectivity index is 1.70. The van der Waals surface area contributed by atoms with Crippen LogP contribution in [0.25, 0.3) is 11.1 Å². The Morgan fingerprint density at radius 2 is 2.07 bits per heavy atom. The Hall–Kier alpha value is -2.40. The van der Waals surface area contributed by atoms with Crippen LogP contribution in [0.1, 0.15) is 36.6 Å². The summed E-state index contributed by atoms with van der Waals surface area (Å²) < 4.78 is 11.3. The second-order valence-corrected chi connectivity index (χ2v) is 6.91. The van der Waals surface area contributed by atoms with E-state index in [4.69, 9.17) is 9.47 Å². The second-order valence-electron chi connectivity index (χ2n) is 6.91. The van der Waals surface area contributed by atoms with Crippen molar-refractivity contribution >= 4 is 5.91 Å². The fraction of sp³-hybridized carbons (Fsp3) is 0.455. The zero-order valence-electron chi connectivity index (χ0n) is 16.5. The zero-order valence-corrected chi connectivity index (χ0v) is 16.5. The van der Waals surface area contributed by atoms with E-state index in [0.717, 1.165) is 40.9 Å². The molecular formula is C22H28N2O3. The Morgan fingerprint density at radius 3 is 2.78 bits per heavy atom. The summed E-state index contributed by atoms with van der Waals surface area (Å²) in [6.07, 6.45) is 1.61. The van der Waals surface area contributed by atoms with Crippen molar-refractivity contribution in [2.24, 2.45) is 0 Å². The first-order chi connectivity index (χ1) is 13.1. The van der Waals surface area contributed by atoms with Crippen molar-refractivity contribution in [3.05, 3.63) is 47.2 Å². The molecule has 5 nitrogen and oxygen atoms in total. The Kier molecular flexibility index (Phi) is 6.45. The predicted molar refractivity (Wildman–Crippen MR) is 106 cm³/mol. The van der Waals surface area contributed by atoms with E-state index in [2.05, 4.69) is 36.2 Å². The first-order valence-corrected chi connectivity index (χ1v) is 9.64. The highest BCUT2D eigenvalue weighted by atomic mass is 16.5. The third kappa shape index (κ3) is 4.86. The molecule has 0 atom stereocenters. The van der Waals surface area contributed by atoms with Gasteiger partial charge in [-0.3, -0.25) is 4.79 Å². The van der Waals surface area contributed by atoms with Crippen LogP contribution in [0.5, 0.6) is 5.88 Å². The van der Waals surface area contributed by atoms with Crippen LogP contribution >= 0.6 is 0 Å². The highest BCUT2D eigenvalue weighted by Gasteiger charge is 2.19. The van der Waals surface area contributed by atoms with Crippen LogP contribution in [-0.2, 0) is 16.1 Å². The molecule has 0 spiro atoms. The number of pyridine rings is 1. The summed E-state index contributed by atoms with van der Waals surface area (Å²) in [6.45, 7) is 9.35. The maximum atomic E-state index is 11.7. The van der Waals surface area contributed by atoms with Gasteiger partial charge in [0.1, 0.15) is 6.61 Å². The van der Waals surface area contributed by atoms with Gasteiger partial charge >= 0.3 is 0 Å². The van der Waals surface area contributed by atoms with Gasteiger partial charge in [-0.15, -0.1) is 0 Å². The number of aryl methyl sites for hydroxylation is 2. The molecule has 0 unspecified atom stereocenters. The molecule has 2 heterocycles. The molecule has 0 bridgehead atoms. The monoisotopic (exact) mass is 368 g/mol. The molecule has 1 amide bonds. The molecule has 2 aromatic rings. The molecule has 0 aliphatic carbocycles. The number of benzene rings is 1. The van der Waals surface area contributed by atoms with E-state index in [1.807, 2.05) is 24.8 Å². The first-order valence-electron chi connectivity index (χ1n) is 9.64. The Morgan fingerprint density at radius 1 is 1.22 bits per heavy atom. The Bertz CT molecular complexity index is 781. The number of nitrogens with zero attached hydrogens (tertiary/aromatic N) is 2. The molecule has 0 radical (unpaired) electrons. The fourth-order valence-corrected chi connectivity index (χ4v) is 3.54. The van der Waals surface area contributed by atoms with Gasteiger partial charge in [0.05, 0.1) is 13.2 Å². The van der Waals surface area contributed by atoms with Gasteiger partial charge in [-0.05, 0) is 49.9 Å². The normalized spacial score (nSPS) is 14.0. The summed E-state index contributed by atoms with van der Waals surface area (Å²) >= 11 is 0. The van der Waals surface area contributed by atoms with E-state index in [9.17, 15) is 4.79 Å². The number of carbonyl (C=O) groups excluding carboxylic acids is 1. The maximum Gasteiger partial charge on any atom is 0.222 e. The molecule has 1 aliphatic heterocycles. The van der Waals surface area contributed by atoms with Gasteiger partial charge in [-0.2, -0.15) is 0 Å². The minimum atomic E-state index is 0.223. The molecule has 1 aromatic carbocycles. The summed E-state index contributed by atoms with van der Waals surface area (Å²) in [4.78, 5) is 18.2. The van der Waals surface area contributed by atoms with Crippen LogP contribution in [-0.4, -0.2) is 42.1 Å². The van der Waals surface area contributed by atoms with E-state index in [-0.39, 0.29) is 5.91 Å². The van der Waals surface area contributed by atoms with Crippen molar-refractivity contribution in [3.8, 4) is 17.0 Å². The third-order valence-electron chi connectivity index (χ3n) is 4.85. The van der Waals surface area contributed by atoms with Crippen LogP contribution in [0.3, 0.4) is 0 Å². The summed E-state index contributed by atoms with van der Waals surface area (Å²) in [5.74, 6) is 0.840. The van der Waals surface area contributed by atoms with Crippen molar-refractivity contribution in [1.82, 2.24) is 9.88 Å². The lowest BCUT2D eigenvalue weighted by Crippen LogP contribution is -2.29. The van der Waals surface area contributed by atoms with Gasteiger partial charge in [-0.25, -0.2) is 4.98 Å². The minimum Gasteiger partial charge on any atom is -0.476 e. The van der Waals surface area contributed by atoms with E-state index in [1.54, 1.807) is 0 Å². The second kappa shape index (κ2) is 9.00. The number of rotatable bonds is 8. The largest absolute Gasteiger partial charge is 0.476 e. The third-order valence-corrected chi connectivity index (χ3v) is 4.85. The quantitative estimate of drug-likeness (QED) is 0.709. The average Bonchev–Trinajstić information content (AvgIpc) is 3.05. The molecular weight excluding hydrogens is 340 g/mol. The number of likely N-dealkylation sites (tertiary alicyclic amines) is 1. The van der Waals surface area contributed by atoms with Crippen LogP contribution in [0.4, 0.5) is 0 Å². The standard InChI is InChI=1S/C22H28N2O3/c1-4-26-15-18-7-5-8-19(14-18)22-16(2)13-20(23-17(22)3)27-12-11-24-10-6-9-21(24)25/h5,7-8,13-14H,4,6,9-12,15H2,1-3H3. The number of amides is 1. The molecule has 5 heteroatoms. The zero-order chi connectivity index (χ0) is 19.2. The molecule has 1 aromatic heterocycles. The summed E-state index contributed by atoms with van der Waals surface area (Å²) in [6, 6.07) is 10.4. The van der Waals surface area contributed by atoms with E-state index in [0.29, 0.717) is 38.7 Å². The Labute approximate surface area is 161 Å². The highest BCUT2D eigenvalue weighted by Crippen LogP contribution is 2.29. The fourth-order valence-electron chi connectivity index (χ4n) is 3.54. The summed E-state index contributed by atoms with van der Waals surface area (Å²) in [7, 11) is 0. The van der Waals surface area contributed by atoms with E-state index < -0.39 is 0 Å². The molecule has 0 saturated carbocycles. The maximum absolute atomic E-state index is 11.7. The average molecular weight is 368 g/mol. The topological polar surface area (TPSA) is 51.7 Å². The number of ether oxygens (including phenoxy) is 2. The van der Waals surface area contributed by atoms with Crippen LogP contribution in [0.15, 0.2) is 30.3 Å². The van der Waals surface area contributed by atoms with E-state index >= 15 is 0 Å². The van der Waals surface area contributed by atoms with Gasteiger partial charge in [0.2, 0.25) is 11.8 Å². The lowest BCUT2D eigenvalue weighted by Gasteiger charge is -2.17. The summed E-state index contributed by atoms with van der Waals surface area (Å²) in [5, 5.41) is 0. The SMILES string of the molecule is CCOCc1cccc(-c2c(C)cc(OCCN3CCCC3=O)nc2C)c1. The number of hydrogen-bond donors (Lipinski definition) is 0. The van der Waals surface area contributed by atoms with Gasteiger partial charge in [0.25, 0.3) is 0 Å². The number of aromatic nitrogens is 1. The van der Waals surface area contributed by atoms with Crippen LogP contribution in [0.2, 0.25) is 0 Å². The number of carbonyl (C=O) groups is 1. The summed E-state index contributed by atoms with van der Waals surface area (Å²) in [5.41, 5.74) is 5.50. The molecule has 1 aliphatic rings. The molecule has 1 saturated heterocycles. The molecule has 144 valence electrons. The van der Waals surface area contributed by atoms with Crippen molar-refractivity contribution in [2.75, 3.05) is 26.3 Å². The van der Waals surface area contributed by atoms with Gasteiger partial charge < -0.3 is 14.4 Å². The van der Waals surface area contributed by atoms with Crippen molar-refractivity contribution < 1.29 is 14.3 Å². The smallest absolute Gasteiger partial charge is 0.222 e. The van der Waals surface area contributed by atoms with Crippen LogP contribution < -0.4 is 4.74 Å². The predicted octanol–water partition coefficient (Wildman–Crippen LogP) is 3.90. The first kappa shape index (κ1) is 19.4. The molecule has 0 N–H and O–H groups in total. The van der Waals surface area contributed by atoms with Crippen LogP contribution in [0, 0.1) is 13.8 Å². The molecule has 27 heavy (non-hydrogen) atoms. The number of hydrogen-bond acceptors (Lipinski definition) is 4. The lowest BCUT2D eigenvalue weighted by atomic mass is 9.98. The van der Waals surface area contributed by atoms with Crippen molar-refractivity contribution in [2.45, 2.75) is 40.2 Å². The van der Waals surface area contributed by atoms with Crippen molar-refractivity contribution in [3.63, 3.8) is 0 Å². The van der Waals surface area contributed by atoms with Crippen molar-refractivity contribution in [1.29, 1.82) is 0 Å². The highest BCUT2D eigenvalue weighted by molar-refractivity contribution is 5.78. The molecule has 1 fully saturated rings. The molecule has 3 rings (SSSR count). The minimum absolute atomic E-state index is 0.223. The van der Waals surface area contributed by atoms with Gasteiger partial charge in [0.15, 0.2) is 0 Å². The van der Waals surface area contributed by atoms with Gasteiger partial charge in [-0.1, -0.05) is 18.2 Å². The van der Waals surface area contributed by atoms with E-state index in [1.165, 1.54) is 0 Å².